The number of thioether (sulfide) groups is 1. The molecule has 0 radical (unpaired) electrons. The molecule has 4 aliphatic rings. The largest absolute Gasteiger partial charge is 0.162 e. The monoisotopic (exact) mass is 554 g/mol. The van der Waals surface area contributed by atoms with Crippen molar-refractivity contribution >= 4 is 11.8 Å². The summed E-state index contributed by atoms with van der Waals surface area (Å²) in [4.78, 5) is 0. The predicted molar refractivity (Wildman–Crippen MR) is 177 cm³/mol. The van der Waals surface area contributed by atoms with Crippen LogP contribution in [0.4, 0.5) is 0 Å². The van der Waals surface area contributed by atoms with Gasteiger partial charge in [-0.3, -0.25) is 0 Å². The fourth-order valence-electron chi connectivity index (χ4n) is 8.09. The molecule has 0 aromatic rings. The summed E-state index contributed by atoms with van der Waals surface area (Å²) in [5.41, 5.74) is 7.61. The van der Waals surface area contributed by atoms with E-state index in [4.69, 9.17) is 0 Å². The molecular weight excluding hydrogens is 488 g/mol. The number of allylic oxidation sites excluding steroid dienone is 4. The Balaban J connectivity index is 0.768. The minimum absolute atomic E-state index is 1.01. The molecule has 2 fully saturated rings. The molecule has 0 heterocycles. The van der Waals surface area contributed by atoms with Gasteiger partial charge >= 0.3 is 0 Å². The minimum atomic E-state index is 1.01. The topological polar surface area (TPSA) is 0 Å². The van der Waals surface area contributed by atoms with Crippen LogP contribution in [0.3, 0.4) is 0 Å². The van der Waals surface area contributed by atoms with E-state index < -0.39 is 0 Å². The summed E-state index contributed by atoms with van der Waals surface area (Å²) in [6.07, 6.45) is 44.5. The highest BCUT2D eigenvalue weighted by Crippen LogP contribution is 2.52. The van der Waals surface area contributed by atoms with Gasteiger partial charge in [0.2, 0.25) is 0 Å². The van der Waals surface area contributed by atoms with Crippen LogP contribution in [0, 0.1) is 11.8 Å². The van der Waals surface area contributed by atoms with E-state index in [1.807, 2.05) is 22.3 Å². The van der Waals surface area contributed by atoms with E-state index in [9.17, 15) is 0 Å². The van der Waals surface area contributed by atoms with Gasteiger partial charge in [0.05, 0.1) is 0 Å². The SMILES string of the molecule is C(CCCCCCC1=C2CCCCC12)CCCCCSCCCCCCCCCCCCC1=C2CCCCC12. The first-order valence-electron chi connectivity index (χ1n) is 18.5. The van der Waals surface area contributed by atoms with Crippen molar-refractivity contribution in [1.82, 2.24) is 0 Å². The van der Waals surface area contributed by atoms with Crippen LogP contribution in [0.15, 0.2) is 22.3 Å². The van der Waals surface area contributed by atoms with Gasteiger partial charge < -0.3 is 0 Å². The average Bonchev–Trinajstić information content (AvgIpc) is 3.87. The lowest BCUT2D eigenvalue weighted by atomic mass is 9.99. The Bertz CT molecular complexity index is 654. The Morgan fingerprint density at radius 2 is 0.718 bits per heavy atom. The standard InChI is InChI=1S/C38H66S/c1(5-9-13-17-25-33-35-27-19-20-28-36(33)35)3-7-11-15-23-31-39-32-24-16-12-8-4-2-6-10-14-18-26-34-37-29-21-22-30-38(34)37/h35,37H,1-32H2. The van der Waals surface area contributed by atoms with Gasteiger partial charge in [0.1, 0.15) is 0 Å². The number of hydrogen-bond donors (Lipinski definition) is 0. The molecule has 39 heavy (non-hydrogen) atoms. The first-order chi connectivity index (χ1) is 19.4. The summed E-state index contributed by atoms with van der Waals surface area (Å²) in [5, 5.41) is 0. The lowest BCUT2D eigenvalue weighted by Gasteiger charge is -2.06. The van der Waals surface area contributed by atoms with Gasteiger partial charge in [0.15, 0.2) is 0 Å². The molecule has 4 aliphatic carbocycles. The van der Waals surface area contributed by atoms with Gasteiger partial charge in [-0.25, -0.2) is 0 Å². The molecule has 0 aliphatic heterocycles. The number of hydrogen-bond acceptors (Lipinski definition) is 1. The third kappa shape index (κ3) is 12.7. The van der Waals surface area contributed by atoms with E-state index in [-0.39, 0.29) is 0 Å². The van der Waals surface area contributed by atoms with Crippen LogP contribution >= 0.6 is 11.8 Å². The van der Waals surface area contributed by atoms with Gasteiger partial charge in [0, 0.05) is 11.8 Å². The van der Waals surface area contributed by atoms with E-state index in [0.717, 1.165) is 11.8 Å². The van der Waals surface area contributed by atoms with Crippen molar-refractivity contribution in [2.45, 2.75) is 193 Å². The Hall–Kier alpha value is -0.170. The Labute approximate surface area is 249 Å². The molecule has 0 amide bonds. The van der Waals surface area contributed by atoms with E-state index in [2.05, 4.69) is 11.8 Å². The first-order valence-corrected chi connectivity index (χ1v) is 19.6. The summed E-state index contributed by atoms with van der Waals surface area (Å²) in [6.45, 7) is 0. The highest BCUT2D eigenvalue weighted by atomic mass is 32.2. The van der Waals surface area contributed by atoms with E-state index in [1.165, 1.54) is 204 Å². The highest BCUT2D eigenvalue weighted by molar-refractivity contribution is 7.99. The Morgan fingerprint density at radius 3 is 1.05 bits per heavy atom. The van der Waals surface area contributed by atoms with Gasteiger partial charge in [-0.1, -0.05) is 138 Å². The molecule has 0 spiro atoms. The van der Waals surface area contributed by atoms with Crippen LogP contribution in [-0.4, -0.2) is 11.5 Å². The summed E-state index contributed by atoms with van der Waals surface area (Å²) in [7, 11) is 0. The van der Waals surface area contributed by atoms with Crippen molar-refractivity contribution in [1.29, 1.82) is 0 Å². The fourth-order valence-corrected chi connectivity index (χ4v) is 9.11. The fraction of sp³-hybridized carbons (Fsp3) is 0.895. The molecule has 0 nitrogen and oxygen atoms in total. The van der Waals surface area contributed by atoms with E-state index >= 15 is 0 Å². The van der Waals surface area contributed by atoms with Gasteiger partial charge in [0.25, 0.3) is 0 Å². The molecule has 0 bridgehead atoms. The quantitative estimate of drug-likeness (QED) is 0.0756. The number of rotatable bonds is 26. The predicted octanol–water partition coefficient (Wildman–Crippen LogP) is 13.3. The van der Waals surface area contributed by atoms with Crippen LogP contribution in [0.5, 0.6) is 0 Å². The van der Waals surface area contributed by atoms with Gasteiger partial charge in [-0.05, 0) is 88.6 Å². The molecule has 2 saturated carbocycles. The minimum Gasteiger partial charge on any atom is -0.162 e. The van der Waals surface area contributed by atoms with Gasteiger partial charge in [-0.2, -0.15) is 11.8 Å². The molecule has 0 aromatic heterocycles. The lowest BCUT2D eigenvalue weighted by molar-refractivity contribution is 0.550. The lowest BCUT2D eigenvalue weighted by Crippen LogP contribution is -1.91. The smallest absolute Gasteiger partial charge is 0.00127 e. The zero-order chi connectivity index (χ0) is 26.8. The maximum Gasteiger partial charge on any atom is 0.00127 e. The number of unbranched alkanes of at least 4 members (excludes halogenated alkanes) is 18. The van der Waals surface area contributed by atoms with Crippen LogP contribution in [0.1, 0.15) is 193 Å². The van der Waals surface area contributed by atoms with E-state index in [1.54, 1.807) is 0 Å². The van der Waals surface area contributed by atoms with Crippen molar-refractivity contribution in [2.24, 2.45) is 11.8 Å². The third-order valence-electron chi connectivity index (χ3n) is 10.7. The van der Waals surface area contributed by atoms with Crippen molar-refractivity contribution in [3.8, 4) is 0 Å². The Morgan fingerprint density at radius 1 is 0.385 bits per heavy atom. The number of fused-ring (bicyclic) bond motifs is 2. The second-order valence-electron chi connectivity index (χ2n) is 13.9. The van der Waals surface area contributed by atoms with Gasteiger partial charge in [-0.15, -0.1) is 0 Å². The normalized spacial score (nSPS) is 21.8. The maximum atomic E-state index is 2.23. The maximum absolute atomic E-state index is 2.23. The van der Waals surface area contributed by atoms with Crippen molar-refractivity contribution in [3.63, 3.8) is 0 Å². The second-order valence-corrected chi connectivity index (χ2v) is 15.1. The molecule has 2 unspecified atom stereocenters. The van der Waals surface area contributed by atoms with Crippen molar-refractivity contribution in [3.05, 3.63) is 22.3 Å². The molecule has 0 N–H and O–H groups in total. The highest BCUT2D eigenvalue weighted by Gasteiger charge is 2.37. The molecule has 4 rings (SSSR count). The summed E-state index contributed by atoms with van der Waals surface area (Å²) >= 11 is 2.23. The molecule has 2 atom stereocenters. The zero-order valence-electron chi connectivity index (χ0n) is 26.2. The van der Waals surface area contributed by atoms with Crippen LogP contribution < -0.4 is 0 Å². The second kappa shape index (κ2) is 19.9. The molecular formula is C38H66S. The average molecular weight is 555 g/mol. The van der Waals surface area contributed by atoms with Crippen molar-refractivity contribution in [2.75, 3.05) is 11.5 Å². The first kappa shape index (κ1) is 31.8. The molecule has 0 aromatic carbocycles. The molecule has 0 saturated heterocycles. The molecule has 1 heteroatoms. The molecule has 224 valence electrons. The summed E-state index contributed by atoms with van der Waals surface area (Å²) in [6, 6.07) is 0. The zero-order valence-corrected chi connectivity index (χ0v) is 27.0. The third-order valence-corrected chi connectivity index (χ3v) is 11.8. The summed E-state index contributed by atoms with van der Waals surface area (Å²) in [5.74, 6) is 4.86. The van der Waals surface area contributed by atoms with Crippen LogP contribution in [-0.2, 0) is 0 Å². The summed E-state index contributed by atoms with van der Waals surface area (Å²) < 4.78 is 0. The Kier molecular flexibility index (Phi) is 16.2. The van der Waals surface area contributed by atoms with E-state index in [0.29, 0.717) is 0 Å². The van der Waals surface area contributed by atoms with Crippen LogP contribution in [0.25, 0.3) is 0 Å². The van der Waals surface area contributed by atoms with Crippen molar-refractivity contribution < 1.29 is 0 Å². The van der Waals surface area contributed by atoms with Crippen LogP contribution in [0.2, 0.25) is 0 Å².